The number of carbonyl (C=O) groups is 2. The van der Waals surface area contributed by atoms with Crippen molar-refractivity contribution in [2.24, 2.45) is 0 Å². The minimum atomic E-state index is -5.03. The van der Waals surface area contributed by atoms with Crippen LogP contribution in [0.2, 0.25) is 0 Å². The van der Waals surface area contributed by atoms with Gasteiger partial charge in [-0.1, -0.05) is 6.07 Å². The molecule has 13 heteroatoms. The van der Waals surface area contributed by atoms with Gasteiger partial charge in [-0.2, -0.15) is 0 Å². The molecular formula is C14H6K2O9S2. The smallest absolute Gasteiger partial charge is 0.744 e. The number of rotatable bonds is 3. The zero-order chi connectivity index (χ0) is 18.7. The summed E-state index contributed by atoms with van der Waals surface area (Å²) in [6.07, 6.45) is 0. The quantitative estimate of drug-likeness (QED) is 0.296. The monoisotopic (exact) mass is 460 g/mol. The number of carbonyl (C=O) groups excluding carboxylic acids is 1. The van der Waals surface area contributed by atoms with E-state index in [0.29, 0.717) is 6.07 Å². The average Bonchev–Trinajstić information content (AvgIpc) is 2.77. The van der Waals surface area contributed by atoms with Gasteiger partial charge in [0.2, 0.25) is 0 Å². The van der Waals surface area contributed by atoms with Crippen molar-refractivity contribution in [3.63, 3.8) is 0 Å². The summed E-state index contributed by atoms with van der Waals surface area (Å²) in [5, 5.41) is 9.28. The Morgan fingerprint density at radius 3 is 1.81 bits per heavy atom. The van der Waals surface area contributed by atoms with Gasteiger partial charge >= 0.3 is 109 Å². The maximum Gasteiger partial charge on any atom is 1.00 e. The Balaban J connectivity index is 0.00000182. The van der Waals surface area contributed by atoms with E-state index in [1.165, 1.54) is 0 Å². The first-order chi connectivity index (χ1) is 11.4. The summed E-state index contributed by atoms with van der Waals surface area (Å²) in [5.41, 5.74) is -1.36. The Labute approximate surface area is 238 Å². The number of aromatic carboxylic acids is 1. The van der Waals surface area contributed by atoms with Crippen LogP contribution in [0.25, 0.3) is 11.1 Å². The second-order valence-electron chi connectivity index (χ2n) is 5.14. The third-order valence-corrected chi connectivity index (χ3v) is 5.31. The van der Waals surface area contributed by atoms with Crippen LogP contribution in [0.4, 0.5) is 0 Å². The maximum atomic E-state index is 12.4. The van der Waals surface area contributed by atoms with Crippen LogP contribution in [0.3, 0.4) is 0 Å². The third-order valence-electron chi connectivity index (χ3n) is 3.67. The molecule has 2 aromatic rings. The molecule has 2 aromatic carbocycles. The SMILES string of the molecule is O=C(O)c1cc(S(=O)(=O)[O-])cc2c1-c1ccc(S(=O)(=O)[O-])cc1C2=O.[K+].[K+]. The molecule has 1 aliphatic rings. The first kappa shape index (κ1) is 25.7. The van der Waals surface area contributed by atoms with Gasteiger partial charge < -0.3 is 14.2 Å². The second-order valence-corrected chi connectivity index (χ2v) is 7.90. The normalized spacial score (nSPS) is 12.4. The van der Waals surface area contributed by atoms with Crippen molar-refractivity contribution in [3.05, 3.63) is 47.0 Å². The zero-order valence-corrected chi connectivity index (χ0v) is 21.8. The van der Waals surface area contributed by atoms with Gasteiger partial charge in [0, 0.05) is 16.7 Å². The standard InChI is InChI=1S/C14H8O9S2.2K/c15-13-9-3-6(24(18,19)20)1-2-8(9)12-10(13)4-7(25(21,22)23)5-11(12)14(16)17;;/h1-5H,(H,16,17)(H,18,19,20)(H,21,22,23);;/q;2*+1/p-2. The van der Waals surface area contributed by atoms with Crippen molar-refractivity contribution in [1.29, 1.82) is 0 Å². The van der Waals surface area contributed by atoms with E-state index in [0.717, 1.165) is 24.3 Å². The van der Waals surface area contributed by atoms with Crippen LogP contribution < -0.4 is 103 Å². The molecule has 0 amide bonds. The van der Waals surface area contributed by atoms with Crippen LogP contribution in [0.1, 0.15) is 26.3 Å². The molecular weight excluding hydrogens is 454 g/mol. The fraction of sp³-hybridized carbons (Fsp3) is 0. The molecule has 130 valence electrons. The first-order valence-electron chi connectivity index (χ1n) is 6.43. The maximum absolute atomic E-state index is 12.4. The van der Waals surface area contributed by atoms with E-state index in [1.54, 1.807) is 0 Å². The topological polar surface area (TPSA) is 169 Å². The van der Waals surface area contributed by atoms with Crippen LogP contribution in [-0.4, -0.2) is 42.8 Å². The molecule has 0 aliphatic heterocycles. The van der Waals surface area contributed by atoms with Crippen molar-refractivity contribution >= 4 is 32.0 Å². The van der Waals surface area contributed by atoms with Crippen LogP contribution in [0, 0.1) is 0 Å². The van der Waals surface area contributed by atoms with Crippen LogP contribution >= 0.6 is 0 Å². The molecule has 0 unspecified atom stereocenters. The number of hydrogen-bond donors (Lipinski definition) is 1. The molecule has 1 aliphatic carbocycles. The van der Waals surface area contributed by atoms with E-state index in [2.05, 4.69) is 0 Å². The summed E-state index contributed by atoms with van der Waals surface area (Å²) in [6.45, 7) is 0. The van der Waals surface area contributed by atoms with Gasteiger partial charge in [0.15, 0.2) is 5.78 Å². The average molecular weight is 461 g/mol. The molecule has 0 aromatic heterocycles. The number of carboxylic acid groups (broad SMARTS) is 1. The molecule has 3 rings (SSSR count). The Kier molecular flexibility index (Phi) is 8.39. The summed E-state index contributed by atoms with van der Waals surface area (Å²) in [4.78, 5) is 22.3. The molecule has 0 spiro atoms. The van der Waals surface area contributed by atoms with E-state index < -0.39 is 47.3 Å². The molecule has 9 nitrogen and oxygen atoms in total. The summed E-state index contributed by atoms with van der Waals surface area (Å²) < 4.78 is 66.9. The summed E-state index contributed by atoms with van der Waals surface area (Å²) in [6, 6.07) is 4.15. The first-order valence-corrected chi connectivity index (χ1v) is 9.25. The predicted molar refractivity (Wildman–Crippen MR) is 78.2 cm³/mol. The minimum Gasteiger partial charge on any atom is -0.744 e. The van der Waals surface area contributed by atoms with Crippen molar-refractivity contribution < 1.29 is 143 Å². The molecule has 0 atom stereocenters. The van der Waals surface area contributed by atoms with Crippen LogP contribution in [-0.2, 0) is 20.2 Å². The van der Waals surface area contributed by atoms with E-state index in [1.807, 2.05) is 0 Å². The fourth-order valence-corrected chi connectivity index (χ4v) is 3.65. The van der Waals surface area contributed by atoms with E-state index in [9.17, 15) is 40.6 Å². The number of ketones is 1. The number of hydrogen-bond acceptors (Lipinski definition) is 8. The molecule has 0 fully saturated rings. The molecule has 1 N–H and O–H groups in total. The number of fused-ring (bicyclic) bond motifs is 3. The largest absolute Gasteiger partial charge is 1.00 e. The molecule has 0 radical (unpaired) electrons. The van der Waals surface area contributed by atoms with Crippen molar-refractivity contribution in [3.8, 4) is 11.1 Å². The van der Waals surface area contributed by atoms with Crippen molar-refractivity contribution in [2.45, 2.75) is 9.79 Å². The summed E-state index contributed by atoms with van der Waals surface area (Å²) >= 11 is 0. The molecule has 0 bridgehead atoms. The van der Waals surface area contributed by atoms with Gasteiger partial charge in [-0.3, -0.25) is 4.79 Å². The Morgan fingerprint density at radius 2 is 1.33 bits per heavy atom. The van der Waals surface area contributed by atoms with Gasteiger partial charge in [-0.25, -0.2) is 21.6 Å². The van der Waals surface area contributed by atoms with Gasteiger partial charge in [0.05, 0.1) is 15.4 Å². The van der Waals surface area contributed by atoms with Gasteiger partial charge in [0.1, 0.15) is 20.2 Å². The predicted octanol–water partition coefficient (Wildman–Crippen LogP) is -5.59. The molecule has 0 heterocycles. The Hall–Kier alpha value is 0.673. The van der Waals surface area contributed by atoms with Crippen molar-refractivity contribution in [1.82, 2.24) is 0 Å². The number of benzene rings is 2. The van der Waals surface area contributed by atoms with Crippen LogP contribution in [0.5, 0.6) is 0 Å². The van der Waals surface area contributed by atoms with E-state index in [-0.39, 0.29) is 125 Å². The van der Waals surface area contributed by atoms with Gasteiger partial charge in [-0.15, -0.1) is 0 Å². The molecule has 0 saturated heterocycles. The van der Waals surface area contributed by atoms with Gasteiger partial charge in [0.25, 0.3) is 0 Å². The Morgan fingerprint density at radius 1 is 0.815 bits per heavy atom. The third kappa shape index (κ3) is 4.88. The summed E-state index contributed by atoms with van der Waals surface area (Å²) in [5.74, 6) is -2.47. The van der Waals surface area contributed by atoms with E-state index in [4.69, 9.17) is 0 Å². The number of carboxylic acids is 1. The van der Waals surface area contributed by atoms with Crippen LogP contribution in [0.15, 0.2) is 40.1 Å². The molecule has 0 saturated carbocycles. The van der Waals surface area contributed by atoms with E-state index >= 15 is 0 Å². The van der Waals surface area contributed by atoms with Gasteiger partial charge in [-0.05, 0) is 29.8 Å². The Bertz CT molecular complexity index is 1190. The van der Waals surface area contributed by atoms with Crippen molar-refractivity contribution in [2.75, 3.05) is 0 Å². The fourth-order valence-electron chi connectivity index (χ4n) is 2.63. The zero-order valence-electron chi connectivity index (χ0n) is 13.9. The minimum absolute atomic E-state index is 0. The molecule has 27 heavy (non-hydrogen) atoms. The second kappa shape index (κ2) is 8.81. The summed E-state index contributed by atoms with van der Waals surface area (Å²) in [7, 11) is -9.89.